The van der Waals surface area contributed by atoms with Crippen LogP contribution in [0.15, 0.2) is 23.1 Å². The number of amides is 2. The van der Waals surface area contributed by atoms with E-state index in [-0.39, 0.29) is 42.9 Å². The van der Waals surface area contributed by atoms with Crippen molar-refractivity contribution in [1.29, 1.82) is 0 Å². The molecule has 10 heteroatoms. The van der Waals surface area contributed by atoms with Crippen LogP contribution in [0.2, 0.25) is 0 Å². The molecule has 1 N–H and O–H groups in total. The van der Waals surface area contributed by atoms with Gasteiger partial charge in [0.2, 0.25) is 21.8 Å². The van der Waals surface area contributed by atoms with Crippen LogP contribution in [0, 0.1) is 11.6 Å². The van der Waals surface area contributed by atoms with Gasteiger partial charge in [-0.3, -0.25) is 9.59 Å². The number of rotatable bonds is 4. The molecule has 0 bridgehead atoms. The number of piperazine rings is 1. The Morgan fingerprint density at radius 2 is 1.62 bits per heavy atom. The molecule has 1 aromatic rings. The van der Waals surface area contributed by atoms with Gasteiger partial charge in [-0.05, 0) is 31.0 Å². The van der Waals surface area contributed by atoms with Crippen LogP contribution in [-0.2, 0) is 19.6 Å². The van der Waals surface area contributed by atoms with Crippen molar-refractivity contribution >= 4 is 21.8 Å². The molecule has 0 unspecified atom stereocenters. The summed E-state index contributed by atoms with van der Waals surface area (Å²) in [5, 5.41) is 2.83. The van der Waals surface area contributed by atoms with Crippen molar-refractivity contribution in [3.05, 3.63) is 29.8 Å². The second-order valence-electron chi connectivity index (χ2n) is 7.60. The van der Waals surface area contributed by atoms with Crippen LogP contribution >= 0.6 is 0 Å². The molecule has 1 heterocycles. The number of carbonyl (C=O) groups is 2. The third-order valence-corrected chi connectivity index (χ3v) is 7.48. The Hall–Kier alpha value is -2.07. The molecule has 0 radical (unpaired) electrons. The van der Waals surface area contributed by atoms with E-state index in [9.17, 15) is 26.8 Å². The molecular weight excluding hydrogens is 404 g/mol. The van der Waals surface area contributed by atoms with Gasteiger partial charge in [0.15, 0.2) is 11.6 Å². The van der Waals surface area contributed by atoms with Gasteiger partial charge in [0.05, 0.1) is 4.90 Å². The summed E-state index contributed by atoms with van der Waals surface area (Å²) < 4.78 is 53.2. The molecule has 1 saturated heterocycles. The summed E-state index contributed by atoms with van der Waals surface area (Å²) in [5.74, 6) is -2.79. The number of nitrogens with zero attached hydrogens (tertiary/aromatic N) is 2. The van der Waals surface area contributed by atoms with Crippen LogP contribution in [-0.4, -0.2) is 61.2 Å². The highest BCUT2D eigenvalue weighted by Crippen LogP contribution is 2.31. The summed E-state index contributed by atoms with van der Waals surface area (Å²) in [6, 6.07) is 2.47. The molecule has 0 atom stereocenters. The van der Waals surface area contributed by atoms with Crippen molar-refractivity contribution in [1.82, 2.24) is 14.5 Å². The highest BCUT2D eigenvalue weighted by molar-refractivity contribution is 7.89. The number of sulfonamides is 1. The van der Waals surface area contributed by atoms with Gasteiger partial charge in [0, 0.05) is 33.1 Å². The van der Waals surface area contributed by atoms with E-state index in [0.29, 0.717) is 18.9 Å². The van der Waals surface area contributed by atoms with E-state index in [1.165, 1.54) is 6.92 Å². The summed E-state index contributed by atoms with van der Waals surface area (Å²) in [7, 11) is -3.99. The second-order valence-corrected chi connectivity index (χ2v) is 9.53. The monoisotopic (exact) mass is 429 g/mol. The van der Waals surface area contributed by atoms with Gasteiger partial charge >= 0.3 is 0 Å². The molecule has 2 aliphatic rings. The van der Waals surface area contributed by atoms with Gasteiger partial charge in [-0.2, -0.15) is 4.31 Å². The predicted octanol–water partition coefficient (Wildman–Crippen LogP) is 1.64. The molecule has 0 spiro atoms. The summed E-state index contributed by atoms with van der Waals surface area (Å²) >= 11 is 0. The zero-order valence-corrected chi connectivity index (χ0v) is 17.1. The van der Waals surface area contributed by atoms with Crippen molar-refractivity contribution < 1.29 is 26.8 Å². The predicted molar refractivity (Wildman–Crippen MR) is 101 cm³/mol. The van der Waals surface area contributed by atoms with Gasteiger partial charge in [-0.1, -0.05) is 19.3 Å². The maximum Gasteiger partial charge on any atom is 0.248 e. The fraction of sp³-hybridized carbons (Fsp3) is 0.579. The Balaban J connectivity index is 1.71. The maximum atomic E-state index is 13.5. The van der Waals surface area contributed by atoms with Crippen molar-refractivity contribution in [3.63, 3.8) is 0 Å². The lowest BCUT2D eigenvalue weighted by molar-refractivity contribution is -0.144. The second kappa shape index (κ2) is 8.35. The van der Waals surface area contributed by atoms with E-state index in [1.807, 2.05) is 0 Å². The Morgan fingerprint density at radius 1 is 1.00 bits per heavy atom. The summed E-state index contributed by atoms with van der Waals surface area (Å²) in [4.78, 5) is 26.1. The fourth-order valence-corrected chi connectivity index (χ4v) is 5.54. The van der Waals surface area contributed by atoms with E-state index in [1.54, 1.807) is 4.90 Å². The highest BCUT2D eigenvalue weighted by Gasteiger charge is 2.44. The number of benzene rings is 1. The SMILES string of the molecule is CC(=O)NC1(C(=O)N2CCN(S(=O)(=O)c3ccc(F)c(F)c3)CC2)CCCCC1. The quantitative estimate of drug-likeness (QED) is 0.788. The summed E-state index contributed by atoms with van der Waals surface area (Å²) in [5.41, 5.74) is -0.925. The first-order valence-electron chi connectivity index (χ1n) is 9.69. The Bertz CT molecular complexity index is 893. The lowest BCUT2D eigenvalue weighted by atomic mass is 9.80. The van der Waals surface area contributed by atoms with E-state index in [4.69, 9.17) is 0 Å². The lowest BCUT2D eigenvalue weighted by Crippen LogP contribution is -2.63. The smallest absolute Gasteiger partial charge is 0.248 e. The number of halogens is 2. The zero-order valence-electron chi connectivity index (χ0n) is 16.3. The van der Waals surface area contributed by atoms with E-state index < -0.39 is 27.2 Å². The van der Waals surface area contributed by atoms with Crippen molar-refractivity contribution in [2.45, 2.75) is 49.5 Å². The molecule has 1 aliphatic heterocycles. The summed E-state index contributed by atoms with van der Waals surface area (Å²) in [6.45, 7) is 1.81. The van der Waals surface area contributed by atoms with Crippen LogP contribution in [0.25, 0.3) is 0 Å². The van der Waals surface area contributed by atoms with Crippen molar-refractivity contribution in [2.24, 2.45) is 0 Å². The molecule has 1 aliphatic carbocycles. The molecule has 7 nitrogen and oxygen atoms in total. The third-order valence-electron chi connectivity index (χ3n) is 5.59. The minimum atomic E-state index is -3.99. The van der Waals surface area contributed by atoms with Gasteiger partial charge in [0.1, 0.15) is 5.54 Å². The first-order chi connectivity index (χ1) is 13.7. The molecule has 1 saturated carbocycles. The first kappa shape index (κ1) is 21.6. The van der Waals surface area contributed by atoms with Crippen LogP contribution in [0.3, 0.4) is 0 Å². The molecule has 29 heavy (non-hydrogen) atoms. The molecule has 160 valence electrons. The van der Waals surface area contributed by atoms with Gasteiger partial charge in [-0.25, -0.2) is 17.2 Å². The van der Waals surface area contributed by atoms with Crippen molar-refractivity contribution in [3.8, 4) is 0 Å². The maximum absolute atomic E-state index is 13.5. The van der Waals surface area contributed by atoms with E-state index in [2.05, 4.69) is 5.32 Å². The number of hydrogen-bond donors (Lipinski definition) is 1. The molecule has 1 aromatic carbocycles. The van der Waals surface area contributed by atoms with E-state index in [0.717, 1.165) is 35.7 Å². The van der Waals surface area contributed by atoms with Crippen LogP contribution in [0.4, 0.5) is 8.78 Å². The highest BCUT2D eigenvalue weighted by atomic mass is 32.2. The molecule has 0 aromatic heterocycles. The lowest BCUT2D eigenvalue weighted by Gasteiger charge is -2.42. The van der Waals surface area contributed by atoms with Crippen LogP contribution < -0.4 is 5.32 Å². The fourth-order valence-electron chi connectivity index (χ4n) is 4.11. The summed E-state index contributed by atoms with van der Waals surface area (Å²) in [6.07, 6.45) is 3.83. The third kappa shape index (κ3) is 4.42. The Kier molecular flexibility index (Phi) is 6.23. The van der Waals surface area contributed by atoms with Crippen LogP contribution in [0.5, 0.6) is 0 Å². The molecular formula is C19H25F2N3O4S. The average Bonchev–Trinajstić information content (AvgIpc) is 2.69. The van der Waals surface area contributed by atoms with E-state index >= 15 is 0 Å². The van der Waals surface area contributed by atoms with Crippen molar-refractivity contribution in [2.75, 3.05) is 26.2 Å². The minimum Gasteiger partial charge on any atom is -0.342 e. The minimum absolute atomic E-state index is 0.0449. The number of hydrogen-bond acceptors (Lipinski definition) is 4. The Labute approximate surface area is 169 Å². The molecule has 2 amide bonds. The number of carbonyl (C=O) groups excluding carboxylic acids is 2. The standard InChI is InChI=1S/C19H25F2N3O4S/c1-14(25)22-19(7-3-2-4-8-19)18(26)23-9-11-24(12-10-23)29(27,28)15-5-6-16(20)17(21)13-15/h5-6,13H,2-4,7-12H2,1H3,(H,22,25). The number of nitrogens with one attached hydrogen (secondary N) is 1. The Morgan fingerprint density at radius 3 is 2.17 bits per heavy atom. The van der Waals surface area contributed by atoms with Crippen LogP contribution in [0.1, 0.15) is 39.0 Å². The average molecular weight is 429 g/mol. The van der Waals surface area contributed by atoms with Gasteiger partial charge in [-0.15, -0.1) is 0 Å². The molecule has 2 fully saturated rings. The van der Waals surface area contributed by atoms with Gasteiger partial charge < -0.3 is 10.2 Å². The zero-order chi connectivity index (χ0) is 21.2. The molecule has 3 rings (SSSR count). The first-order valence-corrected chi connectivity index (χ1v) is 11.1. The van der Waals surface area contributed by atoms with Gasteiger partial charge in [0.25, 0.3) is 0 Å². The largest absolute Gasteiger partial charge is 0.342 e. The normalized spacial score (nSPS) is 20.3. The topological polar surface area (TPSA) is 86.8 Å².